The van der Waals surface area contributed by atoms with Gasteiger partial charge in [-0.25, -0.2) is 19.9 Å². The van der Waals surface area contributed by atoms with Crippen molar-refractivity contribution in [3.63, 3.8) is 0 Å². The average molecular weight is 699 g/mol. The molecular weight excluding hydrogens is 673 g/mol. The number of hydrogen-bond acceptors (Lipinski definition) is 7. The van der Waals surface area contributed by atoms with E-state index >= 15 is 0 Å². The first-order valence-corrected chi connectivity index (χ1v) is 18.2. The van der Waals surface area contributed by atoms with E-state index in [1.807, 2.05) is 84.9 Å². The summed E-state index contributed by atoms with van der Waals surface area (Å²) < 4.78 is 14.7. The third-order valence-electron chi connectivity index (χ3n) is 9.81. The second-order valence-electron chi connectivity index (χ2n) is 13.0. The minimum Gasteiger partial charge on any atom is -0.456 e. The van der Waals surface area contributed by atoms with Crippen LogP contribution in [0.5, 0.6) is 0 Å². The Kier molecular flexibility index (Phi) is 6.62. The number of nitrogens with zero attached hydrogens (tertiary/aromatic N) is 4. The van der Waals surface area contributed by atoms with Crippen LogP contribution in [0.1, 0.15) is 0 Å². The van der Waals surface area contributed by atoms with Gasteiger partial charge in [-0.3, -0.25) is 0 Å². The summed E-state index contributed by atoms with van der Waals surface area (Å²) in [4.78, 5) is 20.1. The van der Waals surface area contributed by atoms with Gasteiger partial charge in [-0.15, -0.1) is 11.3 Å². The molecule has 7 aromatic carbocycles. The molecule has 0 aliphatic carbocycles. The predicted octanol–water partition coefficient (Wildman–Crippen LogP) is 12.6. The molecule has 0 fully saturated rings. The molecule has 0 spiro atoms. The molecule has 0 unspecified atom stereocenters. The first kappa shape index (κ1) is 29.7. The standard InChI is InChI=1S/C46H26N4O2S/c1-2-10-28(11-3-1)43-48-44(32-13-8-18-38-41(32)31-12-4-6-16-36(31)51-38)50-45(49-43)33-14-9-19-40-42(33)34-26-30(24-25-39(34)53-40)27-20-22-29(23-21-27)46-47-35-15-5-7-17-37(35)52-46/h1-26H. The van der Waals surface area contributed by atoms with Crippen molar-refractivity contribution in [2.75, 3.05) is 0 Å². The van der Waals surface area contributed by atoms with Gasteiger partial charge < -0.3 is 8.83 Å². The highest BCUT2D eigenvalue weighted by Crippen LogP contribution is 2.42. The summed E-state index contributed by atoms with van der Waals surface area (Å²) in [6, 6.07) is 53.6. The number of fused-ring (bicyclic) bond motifs is 7. The summed E-state index contributed by atoms with van der Waals surface area (Å²) in [5, 5.41) is 4.31. The van der Waals surface area contributed by atoms with Crippen LogP contribution in [-0.2, 0) is 0 Å². The Bertz CT molecular complexity index is 3150. The summed E-state index contributed by atoms with van der Waals surface area (Å²) >= 11 is 1.78. The number of benzene rings is 7. The van der Waals surface area contributed by atoms with Gasteiger partial charge in [0, 0.05) is 53.2 Å². The quantitative estimate of drug-likeness (QED) is 0.178. The fourth-order valence-corrected chi connectivity index (χ4v) is 8.40. The number of aromatic nitrogens is 4. The lowest BCUT2D eigenvalue weighted by Crippen LogP contribution is -2.00. The molecule has 0 amide bonds. The summed E-state index contributed by atoms with van der Waals surface area (Å²) in [5.41, 5.74) is 9.22. The van der Waals surface area contributed by atoms with Gasteiger partial charge in [0.1, 0.15) is 16.7 Å². The number of thiophene rings is 1. The van der Waals surface area contributed by atoms with Crippen molar-refractivity contribution in [1.82, 2.24) is 19.9 Å². The minimum absolute atomic E-state index is 0.599. The summed E-state index contributed by atoms with van der Waals surface area (Å²) in [6.45, 7) is 0. The monoisotopic (exact) mass is 698 g/mol. The zero-order chi connectivity index (χ0) is 34.9. The number of oxazole rings is 1. The van der Waals surface area contributed by atoms with E-state index in [1.54, 1.807) is 11.3 Å². The Morgan fingerprint density at radius 1 is 0.377 bits per heavy atom. The molecule has 0 N–H and O–H groups in total. The molecule has 11 aromatic rings. The number of para-hydroxylation sites is 3. The number of hydrogen-bond donors (Lipinski definition) is 0. The molecule has 53 heavy (non-hydrogen) atoms. The summed E-state index contributed by atoms with van der Waals surface area (Å²) in [7, 11) is 0. The number of furan rings is 1. The smallest absolute Gasteiger partial charge is 0.227 e. The molecule has 0 bridgehead atoms. The fraction of sp³-hybridized carbons (Fsp3) is 0. The van der Waals surface area contributed by atoms with Crippen LogP contribution in [0, 0.1) is 0 Å². The maximum atomic E-state index is 6.25. The van der Waals surface area contributed by atoms with Crippen LogP contribution < -0.4 is 0 Å². The molecule has 0 radical (unpaired) electrons. The molecule has 248 valence electrons. The largest absolute Gasteiger partial charge is 0.456 e. The third kappa shape index (κ3) is 4.93. The minimum atomic E-state index is 0.599. The van der Waals surface area contributed by atoms with E-state index in [0.717, 1.165) is 77.2 Å². The second-order valence-corrected chi connectivity index (χ2v) is 14.1. The Hall–Kier alpha value is -6.96. The van der Waals surface area contributed by atoms with Crippen LogP contribution in [0.15, 0.2) is 167 Å². The van der Waals surface area contributed by atoms with Gasteiger partial charge in [-0.05, 0) is 65.7 Å². The van der Waals surface area contributed by atoms with Crippen molar-refractivity contribution in [1.29, 1.82) is 0 Å². The second kappa shape index (κ2) is 11.8. The van der Waals surface area contributed by atoms with Crippen molar-refractivity contribution < 1.29 is 8.83 Å². The van der Waals surface area contributed by atoms with Gasteiger partial charge in [0.15, 0.2) is 23.1 Å². The predicted molar refractivity (Wildman–Crippen MR) is 215 cm³/mol. The van der Waals surface area contributed by atoms with Gasteiger partial charge in [0.05, 0.1) is 0 Å². The SMILES string of the molecule is c1ccc(-c2nc(-c3cccc4oc5ccccc5c34)nc(-c3cccc4sc5ccc(-c6ccc(-c7nc8ccccc8o7)cc6)cc5c34)n2)cc1. The Morgan fingerprint density at radius 2 is 1.04 bits per heavy atom. The van der Waals surface area contributed by atoms with Crippen molar-refractivity contribution in [3.8, 4) is 56.7 Å². The van der Waals surface area contributed by atoms with Crippen LogP contribution in [0.2, 0.25) is 0 Å². The summed E-state index contributed by atoms with van der Waals surface area (Å²) in [5.74, 6) is 2.46. The van der Waals surface area contributed by atoms with E-state index in [4.69, 9.17) is 23.8 Å². The topological polar surface area (TPSA) is 77.8 Å². The van der Waals surface area contributed by atoms with E-state index < -0.39 is 0 Å². The van der Waals surface area contributed by atoms with E-state index in [1.165, 1.54) is 9.40 Å². The molecule has 0 saturated carbocycles. The van der Waals surface area contributed by atoms with E-state index in [9.17, 15) is 0 Å². The van der Waals surface area contributed by atoms with Crippen molar-refractivity contribution >= 4 is 64.5 Å². The molecule has 7 heteroatoms. The van der Waals surface area contributed by atoms with Gasteiger partial charge in [0.25, 0.3) is 0 Å². The van der Waals surface area contributed by atoms with E-state index in [-0.39, 0.29) is 0 Å². The molecule has 0 aliphatic heterocycles. The highest BCUT2D eigenvalue weighted by atomic mass is 32.1. The van der Waals surface area contributed by atoms with E-state index in [2.05, 4.69) is 77.8 Å². The van der Waals surface area contributed by atoms with Gasteiger partial charge in [-0.2, -0.15) is 0 Å². The van der Waals surface area contributed by atoms with Crippen LogP contribution in [0.3, 0.4) is 0 Å². The van der Waals surface area contributed by atoms with Gasteiger partial charge >= 0.3 is 0 Å². The lowest BCUT2D eigenvalue weighted by Gasteiger charge is -2.10. The molecular formula is C46H26N4O2S. The molecule has 0 atom stereocenters. The highest BCUT2D eigenvalue weighted by molar-refractivity contribution is 7.26. The number of rotatable bonds is 5. The van der Waals surface area contributed by atoms with Crippen molar-refractivity contribution in [2.24, 2.45) is 0 Å². The summed E-state index contributed by atoms with van der Waals surface area (Å²) in [6.07, 6.45) is 0. The van der Waals surface area contributed by atoms with Crippen molar-refractivity contribution in [2.45, 2.75) is 0 Å². The fourth-order valence-electron chi connectivity index (χ4n) is 7.29. The van der Waals surface area contributed by atoms with Gasteiger partial charge in [-0.1, -0.05) is 103 Å². The normalized spacial score (nSPS) is 11.8. The first-order chi connectivity index (χ1) is 26.2. The Morgan fingerprint density at radius 3 is 1.87 bits per heavy atom. The maximum absolute atomic E-state index is 6.25. The molecule has 11 rings (SSSR count). The molecule has 4 aromatic heterocycles. The van der Waals surface area contributed by atoms with Gasteiger partial charge in [0.2, 0.25) is 5.89 Å². The highest BCUT2D eigenvalue weighted by Gasteiger charge is 2.20. The average Bonchev–Trinajstić information content (AvgIpc) is 3.94. The first-order valence-electron chi connectivity index (χ1n) is 17.4. The Labute approximate surface area is 306 Å². The lowest BCUT2D eigenvalue weighted by molar-refractivity contribution is 0.620. The zero-order valence-corrected chi connectivity index (χ0v) is 28.8. The van der Waals surface area contributed by atoms with Crippen molar-refractivity contribution in [3.05, 3.63) is 158 Å². The van der Waals surface area contributed by atoms with Crippen LogP contribution in [-0.4, -0.2) is 19.9 Å². The van der Waals surface area contributed by atoms with Crippen LogP contribution >= 0.6 is 11.3 Å². The van der Waals surface area contributed by atoms with E-state index in [0.29, 0.717) is 23.4 Å². The molecule has 0 aliphatic rings. The molecule has 6 nitrogen and oxygen atoms in total. The third-order valence-corrected chi connectivity index (χ3v) is 10.9. The maximum Gasteiger partial charge on any atom is 0.227 e. The molecule has 0 saturated heterocycles. The van der Waals surface area contributed by atoms with Crippen LogP contribution in [0.4, 0.5) is 0 Å². The Balaban J connectivity index is 1.07. The van der Waals surface area contributed by atoms with Crippen LogP contribution in [0.25, 0.3) is 110 Å². The molecule has 4 heterocycles. The zero-order valence-electron chi connectivity index (χ0n) is 28.0. The lowest BCUT2D eigenvalue weighted by atomic mass is 9.99.